The standard InChI is InChI=1S/C10H22/c1-3-5-7-9-10-8-6-4-2/h3-10H2,1-2H3/i1D3,3D2,5D2,7D. The van der Waals surface area contributed by atoms with Gasteiger partial charge in [0.1, 0.15) is 0 Å². The summed E-state index contributed by atoms with van der Waals surface area (Å²) in [6.07, 6.45) is -3.36. The van der Waals surface area contributed by atoms with Crippen LogP contribution in [0, 0.1) is 0 Å². The molecule has 0 aliphatic rings. The van der Waals surface area contributed by atoms with Crippen LogP contribution < -0.4 is 0 Å². The number of hydrogen-bond acceptors (Lipinski definition) is 0. The smallest absolute Gasteiger partial charge is 0.0267 e. The van der Waals surface area contributed by atoms with E-state index in [0.29, 0.717) is 6.42 Å². The predicted molar refractivity (Wildman–Crippen MR) is 48.3 cm³/mol. The van der Waals surface area contributed by atoms with E-state index in [2.05, 4.69) is 0 Å². The molecule has 1 atom stereocenters. The molecule has 0 nitrogen and oxygen atoms in total. The average molecular weight is 150 g/mol. The average Bonchev–Trinajstić information content (AvgIpc) is 2.22. The molecule has 0 spiro atoms. The van der Waals surface area contributed by atoms with Crippen molar-refractivity contribution in [3.63, 3.8) is 0 Å². The lowest BCUT2D eigenvalue weighted by molar-refractivity contribution is 0.585. The van der Waals surface area contributed by atoms with Crippen LogP contribution in [0.1, 0.15) is 76.0 Å². The van der Waals surface area contributed by atoms with E-state index in [1.807, 2.05) is 6.92 Å². The van der Waals surface area contributed by atoms with Gasteiger partial charge in [-0.1, -0.05) is 65.0 Å². The topological polar surface area (TPSA) is 0 Å². The molecule has 0 fully saturated rings. The first kappa shape index (κ1) is 2.80. The third kappa shape index (κ3) is 8.00. The molecular weight excluding hydrogens is 120 g/mol. The van der Waals surface area contributed by atoms with Gasteiger partial charge in [-0.05, 0) is 0 Å². The Hall–Kier alpha value is 0. The van der Waals surface area contributed by atoms with Crippen LogP contribution in [0.2, 0.25) is 0 Å². The summed E-state index contributed by atoms with van der Waals surface area (Å²) >= 11 is 0. The summed E-state index contributed by atoms with van der Waals surface area (Å²) < 4.78 is 59.0. The maximum Gasteiger partial charge on any atom is 0.0267 e. The summed E-state index contributed by atoms with van der Waals surface area (Å²) in [6, 6.07) is 0. The minimum Gasteiger partial charge on any atom is -0.0654 e. The van der Waals surface area contributed by atoms with Crippen molar-refractivity contribution in [1.29, 1.82) is 0 Å². The van der Waals surface area contributed by atoms with E-state index in [-0.39, 0.29) is 6.42 Å². The van der Waals surface area contributed by atoms with Crippen LogP contribution >= 0.6 is 0 Å². The van der Waals surface area contributed by atoms with Crippen LogP contribution in [0.25, 0.3) is 0 Å². The molecule has 0 aromatic heterocycles. The molecule has 10 heavy (non-hydrogen) atoms. The van der Waals surface area contributed by atoms with Crippen LogP contribution in [0.5, 0.6) is 0 Å². The predicted octanol–water partition coefficient (Wildman–Crippen LogP) is 4.15. The van der Waals surface area contributed by atoms with E-state index < -0.39 is 26.0 Å². The van der Waals surface area contributed by atoms with Crippen molar-refractivity contribution in [2.24, 2.45) is 0 Å². The molecule has 0 aliphatic carbocycles. The molecule has 0 N–H and O–H groups in total. The lowest BCUT2D eigenvalue weighted by atomic mass is 10.1. The minimum atomic E-state index is -3.06. The van der Waals surface area contributed by atoms with E-state index in [1.54, 1.807) is 0 Å². The van der Waals surface area contributed by atoms with E-state index in [0.717, 1.165) is 19.3 Å². The van der Waals surface area contributed by atoms with Gasteiger partial charge in [-0.15, -0.1) is 0 Å². The van der Waals surface area contributed by atoms with Gasteiger partial charge in [0.15, 0.2) is 0 Å². The highest BCUT2D eigenvalue weighted by atomic mass is 13.9. The van der Waals surface area contributed by atoms with Crippen molar-refractivity contribution in [2.75, 3.05) is 0 Å². The molecule has 0 saturated carbocycles. The van der Waals surface area contributed by atoms with Crippen molar-refractivity contribution in [3.8, 4) is 0 Å². The highest BCUT2D eigenvalue weighted by Gasteiger charge is 1.87. The molecule has 0 aromatic rings. The van der Waals surface area contributed by atoms with Crippen molar-refractivity contribution in [1.82, 2.24) is 0 Å². The SMILES string of the molecule is [2H]C(CCCCCC)C([2H])([2H])C([2H])([2H])C([2H])([2H])[2H]. The fraction of sp³-hybridized carbons (Fsp3) is 1.00. The van der Waals surface area contributed by atoms with E-state index in [9.17, 15) is 0 Å². The monoisotopic (exact) mass is 150 g/mol. The van der Waals surface area contributed by atoms with E-state index in [1.165, 1.54) is 0 Å². The van der Waals surface area contributed by atoms with Crippen LogP contribution in [0.3, 0.4) is 0 Å². The fourth-order valence-corrected chi connectivity index (χ4v) is 0.796. The second kappa shape index (κ2) is 9.00. The molecule has 0 radical (unpaired) electrons. The molecule has 0 amide bonds. The Morgan fingerprint density at radius 2 is 2.00 bits per heavy atom. The molecule has 0 saturated heterocycles. The van der Waals surface area contributed by atoms with Gasteiger partial charge in [-0.25, -0.2) is 0 Å². The second-order valence-corrected chi connectivity index (χ2v) is 2.32. The first-order chi connectivity index (χ1) is 7.98. The number of hydrogen-bond donors (Lipinski definition) is 0. The van der Waals surface area contributed by atoms with Crippen LogP contribution in [0.4, 0.5) is 0 Å². The lowest BCUT2D eigenvalue weighted by Gasteiger charge is -1.97. The summed E-state index contributed by atoms with van der Waals surface area (Å²) in [5.74, 6) is 0. The fourth-order valence-electron chi connectivity index (χ4n) is 0.796. The summed E-state index contributed by atoms with van der Waals surface area (Å²) in [5.41, 5.74) is 0. The van der Waals surface area contributed by atoms with Crippen molar-refractivity contribution in [3.05, 3.63) is 0 Å². The Balaban J connectivity index is 4.61. The molecule has 0 heteroatoms. The summed E-state index contributed by atoms with van der Waals surface area (Å²) in [6.45, 7) is -1.02. The number of unbranched alkanes of at least 4 members (excludes halogenated alkanes) is 3. The molecular formula is C10H22. The van der Waals surface area contributed by atoms with Gasteiger partial charge in [0.25, 0.3) is 0 Å². The quantitative estimate of drug-likeness (QED) is 0.478. The van der Waals surface area contributed by atoms with Crippen molar-refractivity contribution >= 4 is 0 Å². The van der Waals surface area contributed by atoms with E-state index >= 15 is 0 Å². The highest BCUT2D eigenvalue weighted by molar-refractivity contribution is 4.43. The molecule has 0 aliphatic heterocycles. The molecule has 1 unspecified atom stereocenters. The zero-order chi connectivity index (χ0) is 14.6. The Kier molecular flexibility index (Phi) is 2.52. The van der Waals surface area contributed by atoms with Gasteiger partial charge in [-0.3, -0.25) is 0 Å². The summed E-state index contributed by atoms with van der Waals surface area (Å²) in [7, 11) is 0. The molecule has 0 heterocycles. The van der Waals surface area contributed by atoms with Crippen molar-refractivity contribution < 1.29 is 11.0 Å². The lowest BCUT2D eigenvalue weighted by Crippen LogP contribution is -1.77. The summed E-state index contributed by atoms with van der Waals surface area (Å²) in [5, 5.41) is 0. The highest BCUT2D eigenvalue weighted by Crippen LogP contribution is 2.07. The number of rotatable bonds is 7. The molecule has 0 bridgehead atoms. The zero-order valence-electron chi connectivity index (χ0n) is 14.6. The van der Waals surface area contributed by atoms with Gasteiger partial charge < -0.3 is 0 Å². The minimum absolute atomic E-state index is 0.183. The first-order valence-electron chi connectivity index (χ1n) is 7.98. The molecule has 0 aromatic carbocycles. The Labute approximate surface area is 77.3 Å². The summed E-state index contributed by atoms with van der Waals surface area (Å²) in [4.78, 5) is 0. The van der Waals surface area contributed by atoms with Crippen LogP contribution in [-0.4, -0.2) is 0 Å². The zero-order valence-corrected chi connectivity index (χ0v) is 6.61. The molecule has 62 valence electrons. The van der Waals surface area contributed by atoms with Gasteiger partial charge in [-0.2, -0.15) is 0 Å². The van der Waals surface area contributed by atoms with Gasteiger partial charge >= 0.3 is 0 Å². The Bertz CT molecular complexity index is 245. The van der Waals surface area contributed by atoms with Gasteiger partial charge in [0, 0.05) is 11.0 Å². The molecule has 0 rings (SSSR count). The largest absolute Gasteiger partial charge is 0.0654 e. The van der Waals surface area contributed by atoms with Gasteiger partial charge in [0.05, 0.1) is 0 Å². The Morgan fingerprint density at radius 3 is 2.70 bits per heavy atom. The van der Waals surface area contributed by atoms with Crippen LogP contribution in [-0.2, 0) is 0 Å². The van der Waals surface area contributed by atoms with Gasteiger partial charge in [0.2, 0.25) is 0 Å². The maximum atomic E-state index is 7.68. The Morgan fingerprint density at radius 1 is 1.20 bits per heavy atom. The third-order valence-electron chi connectivity index (χ3n) is 1.38. The first-order valence-corrected chi connectivity index (χ1v) is 3.90. The normalized spacial score (nSPS) is 29.3. The van der Waals surface area contributed by atoms with Crippen molar-refractivity contribution in [2.45, 2.75) is 65.0 Å². The second-order valence-electron chi connectivity index (χ2n) is 2.32. The third-order valence-corrected chi connectivity index (χ3v) is 1.38. The van der Waals surface area contributed by atoms with Crippen LogP contribution in [0.15, 0.2) is 0 Å². The maximum absolute atomic E-state index is 7.68. The van der Waals surface area contributed by atoms with E-state index in [4.69, 9.17) is 11.0 Å².